The molecule has 2 aromatic rings. The van der Waals surface area contributed by atoms with Crippen LogP contribution in [0.4, 0.5) is 10.1 Å². The predicted molar refractivity (Wildman–Crippen MR) is 78.1 cm³/mol. The van der Waals surface area contributed by atoms with E-state index in [1.807, 2.05) is 0 Å². The lowest BCUT2D eigenvalue weighted by molar-refractivity contribution is 0.102. The van der Waals surface area contributed by atoms with Gasteiger partial charge in [-0.3, -0.25) is 9.00 Å². The van der Waals surface area contributed by atoms with Crippen LogP contribution in [-0.2, 0) is 10.8 Å². The minimum absolute atomic E-state index is 0.0830. The highest BCUT2D eigenvalue weighted by Gasteiger charge is 2.16. The first-order valence-electron chi connectivity index (χ1n) is 5.68. The van der Waals surface area contributed by atoms with Gasteiger partial charge in [0.1, 0.15) is 5.82 Å². The Morgan fingerprint density at radius 1 is 1.20 bits per heavy atom. The molecule has 0 aliphatic rings. The molecule has 104 valence electrons. The highest BCUT2D eigenvalue weighted by atomic mass is 35.5. The van der Waals surface area contributed by atoms with Gasteiger partial charge in [-0.05, 0) is 24.3 Å². The maximum absolute atomic E-state index is 13.5. The standard InChI is InChI=1S/C14H11ClFNO2S/c1-20(19)13-10(15)6-4-8-12(13)17-14(18)9-5-2-3-7-11(9)16/h2-8H,1H3,(H,17,18)/t20-/m0/s1. The van der Waals surface area contributed by atoms with Crippen LogP contribution in [0.1, 0.15) is 10.4 Å². The highest BCUT2D eigenvalue weighted by Crippen LogP contribution is 2.27. The number of amides is 1. The zero-order valence-corrected chi connectivity index (χ0v) is 12.1. The Balaban J connectivity index is 2.36. The largest absolute Gasteiger partial charge is 0.321 e. The Morgan fingerprint density at radius 2 is 1.90 bits per heavy atom. The molecular formula is C14H11ClFNO2S. The summed E-state index contributed by atoms with van der Waals surface area (Å²) >= 11 is 5.97. The molecule has 3 nitrogen and oxygen atoms in total. The topological polar surface area (TPSA) is 46.2 Å². The molecule has 0 heterocycles. The van der Waals surface area contributed by atoms with Crippen molar-refractivity contribution in [3.63, 3.8) is 0 Å². The van der Waals surface area contributed by atoms with Gasteiger partial charge in [0.2, 0.25) is 0 Å². The van der Waals surface area contributed by atoms with E-state index in [4.69, 9.17) is 11.6 Å². The van der Waals surface area contributed by atoms with Gasteiger partial charge in [-0.1, -0.05) is 29.8 Å². The summed E-state index contributed by atoms with van der Waals surface area (Å²) in [5.74, 6) is -1.23. The summed E-state index contributed by atoms with van der Waals surface area (Å²) in [6, 6.07) is 10.4. The third-order valence-corrected chi connectivity index (χ3v) is 4.06. The zero-order valence-electron chi connectivity index (χ0n) is 10.5. The second kappa shape index (κ2) is 6.15. The highest BCUT2D eigenvalue weighted by molar-refractivity contribution is 7.84. The fourth-order valence-corrected chi connectivity index (χ4v) is 3.01. The average Bonchev–Trinajstić information content (AvgIpc) is 2.38. The summed E-state index contributed by atoms with van der Waals surface area (Å²) in [7, 11) is -1.37. The van der Waals surface area contributed by atoms with E-state index < -0.39 is 22.5 Å². The fourth-order valence-electron chi connectivity index (χ4n) is 1.73. The summed E-state index contributed by atoms with van der Waals surface area (Å²) in [4.78, 5) is 12.3. The summed E-state index contributed by atoms with van der Waals surface area (Å²) in [5, 5.41) is 2.82. The number of carbonyl (C=O) groups is 1. The number of hydrogen-bond acceptors (Lipinski definition) is 2. The molecular weight excluding hydrogens is 301 g/mol. The Bertz CT molecular complexity index is 691. The van der Waals surface area contributed by atoms with Crippen molar-refractivity contribution >= 4 is 34.0 Å². The third-order valence-electron chi connectivity index (χ3n) is 2.62. The molecule has 0 saturated carbocycles. The van der Waals surface area contributed by atoms with Crippen molar-refractivity contribution in [3.8, 4) is 0 Å². The van der Waals surface area contributed by atoms with Crippen LogP contribution in [0.3, 0.4) is 0 Å². The predicted octanol–water partition coefficient (Wildman–Crippen LogP) is 3.47. The smallest absolute Gasteiger partial charge is 0.258 e. The molecule has 0 spiro atoms. The molecule has 0 unspecified atom stereocenters. The van der Waals surface area contributed by atoms with Crippen LogP contribution < -0.4 is 5.32 Å². The number of hydrogen-bond donors (Lipinski definition) is 1. The molecule has 0 fully saturated rings. The van der Waals surface area contributed by atoms with Crippen LogP contribution in [0.15, 0.2) is 47.4 Å². The molecule has 1 amide bonds. The van der Waals surface area contributed by atoms with E-state index in [1.165, 1.54) is 24.5 Å². The molecule has 0 bridgehead atoms. The van der Waals surface area contributed by atoms with Gasteiger partial charge in [-0.25, -0.2) is 4.39 Å². The van der Waals surface area contributed by atoms with E-state index in [1.54, 1.807) is 24.3 Å². The van der Waals surface area contributed by atoms with Crippen LogP contribution >= 0.6 is 11.6 Å². The molecule has 20 heavy (non-hydrogen) atoms. The lowest BCUT2D eigenvalue weighted by atomic mass is 10.2. The first kappa shape index (κ1) is 14.7. The fraction of sp³-hybridized carbons (Fsp3) is 0.0714. The summed E-state index contributed by atoms with van der Waals surface area (Å²) in [5.41, 5.74) is 0.229. The average molecular weight is 312 g/mol. The van der Waals surface area contributed by atoms with Gasteiger partial charge in [0.05, 0.1) is 32.0 Å². The molecule has 6 heteroatoms. The second-order valence-electron chi connectivity index (χ2n) is 4.00. The van der Waals surface area contributed by atoms with Crippen LogP contribution in [0.25, 0.3) is 0 Å². The summed E-state index contributed by atoms with van der Waals surface area (Å²) < 4.78 is 25.2. The molecule has 2 rings (SSSR count). The second-order valence-corrected chi connectivity index (χ2v) is 5.73. The quantitative estimate of drug-likeness (QED) is 0.943. The van der Waals surface area contributed by atoms with Crippen LogP contribution in [-0.4, -0.2) is 16.4 Å². The Kier molecular flexibility index (Phi) is 4.52. The van der Waals surface area contributed by atoms with Crippen LogP contribution in [0.2, 0.25) is 5.02 Å². The zero-order chi connectivity index (χ0) is 14.7. The number of halogens is 2. The van der Waals surface area contributed by atoms with Crippen LogP contribution in [0, 0.1) is 5.82 Å². The van der Waals surface area contributed by atoms with Gasteiger partial charge in [0, 0.05) is 6.26 Å². The normalized spacial score (nSPS) is 11.9. The minimum atomic E-state index is -1.37. The Hall–Kier alpha value is -1.72. The number of nitrogens with one attached hydrogen (secondary N) is 1. The molecule has 0 aromatic heterocycles. The lowest BCUT2D eigenvalue weighted by Crippen LogP contribution is -2.15. The van der Waals surface area contributed by atoms with E-state index in [0.29, 0.717) is 10.6 Å². The molecule has 0 aliphatic heterocycles. The maximum atomic E-state index is 13.5. The first-order chi connectivity index (χ1) is 9.50. The molecule has 1 N–H and O–H groups in total. The first-order valence-corrected chi connectivity index (χ1v) is 7.62. The van der Waals surface area contributed by atoms with Crippen LogP contribution in [0.5, 0.6) is 0 Å². The number of benzene rings is 2. The molecule has 0 aliphatic carbocycles. The van der Waals surface area contributed by atoms with Crippen molar-refractivity contribution in [2.45, 2.75) is 4.90 Å². The van der Waals surface area contributed by atoms with Gasteiger partial charge in [0.15, 0.2) is 0 Å². The van der Waals surface area contributed by atoms with E-state index in [0.717, 1.165) is 0 Å². The maximum Gasteiger partial charge on any atom is 0.258 e. The van der Waals surface area contributed by atoms with Gasteiger partial charge < -0.3 is 5.32 Å². The Labute approximate surface area is 123 Å². The van der Waals surface area contributed by atoms with E-state index in [-0.39, 0.29) is 10.6 Å². The van der Waals surface area contributed by atoms with E-state index >= 15 is 0 Å². The van der Waals surface area contributed by atoms with Gasteiger partial charge in [-0.2, -0.15) is 0 Å². The van der Waals surface area contributed by atoms with Gasteiger partial charge in [0.25, 0.3) is 5.91 Å². The molecule has 2 aromatic carbocycles. The van der Waals surface area contributed by atoms with E-state index in [2.05, 4.69) is 5.32 Å². The van der Waals surface area contributed by atoms with Crippen molar-refractivity contribution in [3.05, 3.63) is 58.9 Å². The number of carbonyl (C=O) groups excluding carboxylic acids is 1. The third kappa shape index (κ3) is 3.05. The monoisotopic (exact) mass is 311 g/mol. The van der Waals surface area contributed by atoms with Crippen molar-refractivity contribution in [1.29, 1.82) is 0 Å². The number of rotatable bonds is 3. The van der Waals surface area contributed by atoms with Crippen molar-refractivity contribution in [2.24, 2.45) is 0 Å². The summed E-state index contributed by atoms with van der Waals surface area (Å²) in [6.07, 6.45) is 1.46. The van der Waals surface area contributed by atoms with Crippen molar-refractivity contribution < 1.29 is 13.4 Å². The van der Waals surface area contributed by atoms with Gasteiger partial charge >= 0.3 is 0 Å². The van der Waals surface area contributed by atoms with Crippen molar-refractivity contribution in [1.82, 2.24) is 0 Å². The van der Waals surface area contributed by atoms with Gasteiger partial charge in [-0.15, -0.1) is 0 Å². The lowest BCUT2D eigenvalue weighted by Gasteiger charge is -2.11. The summed E-state index contributed by atoms with van der Waals surface area (Å²) in [6.45, 7) is 0. The van der Waals surface area contributed by atoms with E-state index in [9.17, 15) is 13.4 Å². The minimum Gasteiger partial charge on any atom is -0.321 e. The SMILES string of the molecule is C[S@](=O)c1c(Cl)cccc1NC(=O)c1ccccc1F. The molecule has 0 radical (unpaired) electrons. The number of anilines is 1. The Morgan fingerprint density at radius 3 is 2.55 bits per heavy atom. The molecule has 1 atom stereocenters. The van der Waals surface area contributed by atoms with Crippen molar-refractivity contribution in [2.75, 3.05) is 11.6 Å². The molecule has 0 saturated heterocycles.